The van der Waals surface area contributed by atoms with Crippen LogP contribution in [0.2, 0.25) is 0 Å². The lowest BCUT2D eigenvalue weighted by Gasteiger charge is -2.32. The second kappa shape index (κ2) is 5.83. The standard InChI is InChI=1S/C12H24N2O/c1-11-10-14(8-9-15-11)7-4-12-2-5-13-6-3-12/h11-13H,2-10H2,1H3. The molecule has 88 valence electrons. The second-order valence-corrected chi connectivity index (χ2v) is 4.96. The highest BCUT2D eigenvalue weighted by molar-refractivity contribution is 4.73. The molecule has 0 aromatic rings. The molecule has 0 bridgehead atoms. The fourth-order valence-corrected chi connectivity index (χ4v) is 2.63. The Morgan fingerprint density at radius 1 is 1.33 bits per heavy atom. The van der Waals surface area contributed by atoms with Crippen molar-refractivity contribution in [2.75, 3.05) is 39.3 Å². The van der Waals surface area contributed by atoms with Gasteiger partial charge < -0.3 is 10.1 Å². The minimum absolute atomic E-state index is 0.437. The topological polar surface area (TPSA) is 24.5 Å². The van der Waals surface area contributed by atoms with Gasteiger partial charge in [0, 0.05) is 13.1 Å². The van der Waals surface area contributed by atoms with Crippen LogP contribution in [0.4, 0.5) is 0 Å². The summed E-state index contributed by atoms with van der Waals surface area (Å²) in [7, 11) is 0. The number of piperidine rings is 1. The first-order chi connectivity index (χ1) is 7.34. The first kappa shape index (κ1) is 11.4. The van der Waals surface area contributed by atoms with Gasteiger partial charge in [0.15, 0.2) is 0 Å². The van der Waals surface area contributed by atoms with Crippen molar-refractivity contribution in [2.45, 2.75) is 32.3 Å². The first-order valence-corrected chi connectivity index (χ1v) is 6.39. The van der Waals surface area contributed by atoms with Gasteiger partial charge in [-0.2, -0.15) is 0 Å². The molecule has 2 saturated heterocycles. The van der Waals surface area contributed by atoms with Crippen LogP contribution in [0.3, 0.4) is 0 Å². The van der Waals surface area contributed by atoms with Crippen LogP contribution in [0.1, 0.15) is 26.2 Å². The Balaban J connectivity index is 1.63. The SMILES string of the molecule is CC1CN(CCC2CCNCC2)CCO1. The molecule has 0 radical (unpaired) electrons. The molecular formula is C12H24N2O. The third-order valence-corrected chi connectivity index (χ3v) is 3.64. The predicted molar refractivity (Wildman–Crippen MR) is 62.1 cm³/mol. The molecule has 0 saturated carbocycles. The van der Waals surface area contributed by atoms with Crippen molar-refractivity contribution in [1.29, 1.82) is 0 Å². The maximum absolute atomic E-state index is 5.55. The zero-order valence-electron chi connectivity index (χ0n) is 9.87. The van der Waals surface area contributed by atoms with Crippen molar-refractivity contribution in [3.8, 4) is 0 Å². The predicted octanol–water partition coefficient (Wildman–Crippen LogP) is 1.10. The van der Waals surface area contributed by atoms with Crippen molar-refractivity contribution in [2.24, 2.45) is 5.92 Å². The van der Waals surface area contributed by atoms with Crippen LogP contribution in [0.25, 0.3) is 0 Å². The number of rotatable bonds is 3. The molecule has 1 N–H and O–H groups in total. The zero-order valence-corrected chi connectivity index (χ0v) is 9.87. The number of hydrogen-bond acceptors (Lipinski definition) is 3. The molecule has 0 aromatic heterocycles. The zero-order chi connectivity index (χ0) is 10.5. The summed E-state index contributed by atoms with van der Waals surface area (Å²) in [6.45, 7) is 9.09. The van der Waals surface area contributed by atoms with Gasteiger partial charge in [0.05, 0.1) is 12.7 Å². The molecular weight excluding hydrogens is 188 g/mol. The highest BCUT2D eigenvalue weighted by atomic mass is 16.5. The molecule has 1 atom stereocenters. The molecule has 2 fully saturated rings. The van der Waals surface area contributed by atoms with Crippen LogP contribution in [0.15, 0.2) is 0 Å². The summed E-state index contributed by atoms with van der Waals surface area (Å²) in [4.78, 5) is 2.57. The Labute approximate surface area is 93.2 Å². The van der Waals surface area contributed by atoms with Crippen LogP contribution in [0, 0.1) is 5.92 Å². The van der Waals surface area contributed by atoms with Gasteiger partial charge in [0.1, 0.15) is 0 Å². The highest BCUT2D eigenvalue weighted by Crippen LogP contribution is 2.17. The minimum atomic E-state index is 0.437. The number of morpholine rings is 1. The summed E-state index contributed by atoms with van der Waals surface area (Å²) in [6, 6.07) is 0. The van der Waals surface area contributed by atoms with Gasteiger partial charge in [-0.25, -0.2) is 0 Å². The van der Waals surface area contributed by atoms with E-state index in [1.54, 1.807) is 0 Å². The molecule has 0 amide bonds. The van der Waals surface area contributed by atoms with E-state index in [9.17, 15) is 0 Å². The molecule has 15 heavy (non-hydrogen) atoms. The van der Waals surface area contributed by atoms with E-state index in [0.29, 0.717) is 6.10 Å². The Morgan fingerprint density at radius 3 is 2.87 bits per heavy atom. The van der Waals surface area contributed by atoms with E-state index < -0.39 is 0 Å². The molecule has 0 spiro atoms. The maximum Gasteiger partial charge on any atom is 0.0674 e. The first-order valence-electron chi connectivity index (χ1n) is 6.39. The number of ether oxygens (including phenoxy) is 1. The van der Waals surface area contributed by atoms with Crippen LogP contribution in [-0.4, -0.2) is 50.3 Å². The number of nitrogens with zero attached hydrogens (tertiary/aromatic N) is 1. The summed E-state index contributed by atoms with van der Waals surface area (Å²) >= 11 is 0. The Kier molecular flexibility index (Phi) is 4.42. The van der Waals surface area contributed by atoms with Crippen LogP contribution in [-0.2, 0) is 4.74 Å². The Morgan fingerprint density at radius 2 is 2.13 bits per heavy atom. The lowest BCUT2D eigenvalue weighted by Crippen LogP contribution is -2.42. The van der Waals surface area contributed by atoms with E-state index in [4.69, 9.17) is 4.74 Å². The average Bonchev–Trinajstić information content (AvgIpc) is 2.28. The van der Waals surface area contributed by atoms with Gasteiger partial charge in [-0.15, -0.1) is 0 Å². The van der Waals surface area contributed by atoms with Gasteiger partial charge in [0.2, 0.25) is 0 Å². The average molecular weight is 212 g/mol. The highest BCUT2D eigenvalue weighted by Gasteiger charge is 2.18. The van der Waals surface area contributed by atoms with Crippen molar-refractivity contribution < 1.29 is 4.74 Å². The monoisotopic (exact) mass is 212 g/mol. The van der Waals surface area contributed by atoms with Crippen molar-refractivity contribution in [3.05, 3.63) is 0 Å². The fraction of sp³-hybridized carbons (Fsp3) is 1.00. The van der Waals surface area contributed by atoms with Crippen molar-refractivity contribution >= 4 is 0 Å². The summed E-state index contributed by atoms with van der Waals surface area (Å²) in [5.41, 5.74) is 0. The van der Waals surface area contributed by atoms with E-state index in [1.165, 1.54) is 38.9 Å². The van der Waals surface area contributed by atoms with Crippen molar-refractivity contribution in [3.63, 3.8) is 0 Å². The van der Waals surface area contributed by atoms with Crippen LogP contribution in [0.5, 0.6) is 0 Å². The summed E-state index contributed by atoms with van der Waals surface area (Å²) in [6.07, 6.45) is 4.57. The van der Waals surface area contributed by atoms with Gasteiger partial charge >= 0.3 is 0 Å². The van der Waals surface area contributed by atoms with E-state index in [-0.39, 0.29) is 0 Å². The lowest BCUT2D eigenvalue weighted by molar-refractivity contribution is -0.0200. The van der Waals surface area contributed by atoms with E-state index in [1.807, 2.05) is 0 Å². The van der Waals surface area contributed by atoms with Gasteiger partial charge in [-0.1, -0.05) is 0 Å². The van der Waals surface area contributed by atoms with Crippen LogP contribution >= 0.6 is 0 Å². The summed E-state index contributed by atoms with van der Waals surface area (Å²) < 4.78 is 5.55. The van der Waals surface area contributed by atoms with Gasteiger partial charge in [-0.3, -0.25) is 4.90 Å². The quantitative estimate of drug-likeness (QED) is 0.758. The summed E-state index contributed by atoms with van der Waals surface area (Å²) in [5, 5.41) is 3.43. The second-order valence-electron chi connectivity index (χ2n) is 4.96. The normalized spacial score (nSPS) is 30.6. The van der Waals surface area contributed by atoms with E-state index >= 15 is 0 Å². The van der Waals surface area contributed by atoms with Gasteiger partial charge in [0.25, 0.3) is 0 Å². The largest absolute Gasteiger partial charge is 0.376 e. The third-order valence-electron chi connectivity index (χ3n) is 3.64. The van der Waals surface area contributed by atoms with E-state index in [2.05, 4.69) is 17.1 Å². The molecule has 2 heterocycles. The lowest BCUT2D eigenvalue weighted by atomic mass is 9.94. The van der Waals surface area contributed by atoms with Gasteiger partial charge in [-0.05, 0) is 51.7 Å². The third kappa shape index (κ3) is 3.74. The molecule has 2 aliphatic heterocycles. The molecule has 1 unspecified atom stereocenters. The molecule has 3 nitrogen and oxygen atoms in total. The smallest absolute Gasteiger partial charge is 0.0674 e. The molecule has 3 heteroatoms. The van der Waals surface area contributed by atoms with Crippen LogP contribution < -0.4 is 5.32 Å². The molecule has 2 aliphatic rings. The number of hydrogen-bond donors (Lipinski definition) is 1. The van der Waals surface area contributed by atoms with Crippen molar-refractivity contribution in [1.82, 2.24) is 10.2 Å². The molecule has 2 rings (SSSR count). The minimum Gasteiger partial charge on any atom is -0.376 e. The molecule has 0 aromatic carbocycles. The number of nitrogens with one attached hydrogen (secondary N) is 1. The Bertz CT molecular complexity index is 180. The Hall–Kier alpha value is -0.120. The molecule has 0 aliphatic carbocycles. The fourth-order valence-electron chi connectivity index (χ4n) is 2.63. The maximum atomic E-state index is 5.55. The van der Waals surface area contributed by atoms with E-state index in [0.717, 1.165) is 25.6 Å². The summed E-state index contributed by atoms with van der Waals surface area (Å²) in [5.74, 6) is 0.962.